The second kappa shape index (κ2) is 5.29. The molecule has 0 radical (unpaired) electrons. The number of aryl methyl sites for hydroxylation is 1. The van der Waals surface area contributed by atoms with Crippen molar-refractivity contribution in [2.75, 3.05) is 6.54 Å². The topological polar surface area (TPSA) is 55.1 Å². The molecule has 0 atom stereocenters. The number of benzene rings is 1. The van der Waals surface area contributed by atoms with E-state index >= 15 is 0 Å². The van der Waals surface area contributed by atoms with Crippen LogP contribution in [0.2, 0.25) is 5.02 Å². The summed E-state index contributed by atoms with van der Waals surface area (Å²) in [5.74, 6) is -0.0760. The zero-order valence-electron chi connectivity index (χ0n) is 10.6. The van der Waals surface area contributed by atoms with E-state index in [1.54, 1.807) is 6.07 Å². The van der Waals surface area contributed by atoms with Crippen LogP contribution < -0.4 is 11.1 Å². The van der Waals surface area contributed by atoms with Crippen LogP contribution in [0.3, 0.4) is 0 Å². The predicted molar refractivity (Wildman–Crippen MR) is 73.9 cm³/mol. The standard InChI is InChI=1S/C14H19ClN2O/c1-10-6-11(8-12(15)7-10)13(18)17-14(9-16)4-2-3-5-14/h6-8H,2-5,9,16H2,1H3,(H,17,18). The average molecular weight is 267 g/mol. The maximum atomic E-state index is 12.2. The number of amides is 1. The molecule has 4 heteroatoms. The average Bonchev–Trinajstić information content (AvgIpc) is 2.77. The van der Waals surface area contributed by atoms with Crippen molar-refractivity contribution >= 4 is 17.5 Å². The lowest BCUT2D eigenvalue weighted by atomic mass is 9.97. The van der Waals surface area contributed by atoms with Crippen molar-refractivity contribution in [1.29, 1.82) is 0 Å². The van der Waals surface area contributed by atoms with Crippen molar-refractivity contribution in [3.63, 3.8) is 0 Å². The van der Waals surface area contributed by atoms with Gasteiger partial charge in [0.15, 0.2) is 0 Å². The molecule has 1 saturated carbocycles. The normalized spacial score (nSPS) is 17.7. The molecule has 0 aromatic heterocycles. The number of carbonyl (C=O) groups excluding carboxylic acids is 1. The Balaban J connectivity index is 2.16. The molecule has 3 N–H and O–H groups in total. The van der Waals surface area contributed by atoms with Gasteiger partial charge >= 0.3 is 0 Å². The van der Waals surface area contributed by atoms with Crippen molar-refractivity contribution in [1.82, 2.24) is 5.32 Å². The molecule has 0 saturated heterocycles. The minimum absolute atomic E-state index is 0.0760. The van der Waals surface area contributed by atoms with E-state index in [1.807, 2.05) is 19.1 Å². The van der Waals surface area contributed by atoms with Gasteiger partial charge in [0.25, 0.3) is 5.91 Å². The van der Waals surface area contributed by atoms with E-state index in [-0.39, 0.29) is 11.4 Å². The molecule has 0 unspecified atom stereocenters. The summed E-state index contributed by atoms with van der Waals surface area (Å²) in [5.41, 5.74) is 7.20. The minimum atomic E-state index is -0.215. The van der Waals surface area contributed by atoms with Gasteiger partial charge < -0.3 is 11.1 Å². The van der Waals surface area contributed by atoms with Crippen molar-refractivity contribution in [2.24, 2.45) is 5.73 Å². The van der Waals surface area contributed by atoms with Gasteiger partial charge in [-0.15, -0.1) is 0 Å². The molecule has 1 aliphatic carbocycles. The predicted octanol–water partition coefficient (Wildman–Crippen LogP) is 2.65. The second-order valence-electron chi connectivity index (χ2n) is 5.16. The number of nitrogens with two attached hydrogens (primary N) is 1. The summed E-state index contributed by atoms with van der Waals surface area (Å²) in [5, 5.41) is 3.68. The first-order valence-electron chi connectivity index (χ1n) is 6.34. The number of hydrogen-bond donors (Lipinski definition) is 2. The monoisotopic (exact) mass is 266 g/mol. The smallest absolute Gasteiger partial charge is 0.251 e. The summed E-state index contributed by atoms with van der Waals surface area (Å²) in [7, 11) is 0. The van der Waals surface area contributed by atoms with Crippen LogP contribution in [0.5, 0.6) is 0 Å². The quantitative estimate of drug-likeness (QED) is 0.884. The van der Waals surface area contributed by atoms with E-state index in [2.05, 4.69) is 5.32 Å². The fraction of sp³-hybridized carbons (Fsp3) is 0.500. The molecule has 1 fully saturated rings. The van der Waals surface area contributed by atoms with Gasteiger partial charge in [-0.1, -0.05) is 24.4 Å². The van der Waals surface area contributed by atoms with Gasteiger partial charge in [0.1, 0.15) is 0 Å². The Labute approximate surface area is 113 Å². The van der Waals surface area contributed by atoms with Gasteiger partial charge in [0.05, 0.1) is 5.54 Å². The molecular formula is C14H19ClN2O. The van der Waals surface area contributed by atoms with E-state index in [4.69, 9.17) is 17.3 Å². The Kier molecular flexibility index (Phi) is 3.93. The Morgan fingerprint density at radius 1 is 1.39 bits per heavy atom. The first kappa shape index (κ1) is 13.4. The van der Waals surface area contributed by atoms with Crippen molar-refractivity contribution in [3.8, 4) is 0 Å². The largest absolute Gasteiger partial charge is 0.345 e. The molecule has 1 aromatic carbocycles. The zero-order chi connectivity index (χ0) is 13.2. The van der Waals surface area contributed by atoms with Gasteiger partial charge in [0, 0.05) is 17.1 Å². The van der Waals surface area contributed by atoms with Crippen LogP contribution in [0.25, 0.3) is 0 Å². The third kappa shape index (κ3) is 2.85. The van der Waals surface area contributed by atoms with Crippen LogP contribution in [0.4, 0.5) is 0 Å². The van der Waals surface area contributed by atoms with Gasteiger partial charge in [-0.25, -0.2) is 0 Å². The molecule has 0 heterocycles. The number of carbonyl (C=O) groups is 1. The van der Waals surface area contributed by atoms with E-state index in [0.29, 0.717) is 17.1 Å². The number of nitrogens with one attached hydrogen (secondary N) is 1. The highest BCUT2D eigenvalue weighted by atomic mass is 35.5. The maximum absolute atomic E-state index is 12.2. The zero-order valence-corrected chi connectivity index (χ0v) is 11.4. The number of halogens is 1. The van der Waals surface area contributed by atoms with E-state index in [1.165, 1.54) is 0 Å². The van der Waals surface area contributed by atoms with Crippen LogP contribution in [0.15, 0.2) is 18.2 Å². The summed E-state index contributed by atoms with van der Waals surface area (Å²) >= 11 is 5.97. The summed E-state index contributed by atoms with van der Waals surface area (Å²) in [6.45, 7) is 2.43. The SMILES string of the molecule is Cc1cc(Cl)cc(C(=O)NC2(CN)CCCC2)c1. The second-order valence-corrected chi connectivity index (χ2v) is 5.60. The summed E-state index contributed by atoms with van der Waals surface area (Å²) in [6.07, 6.45) is 4.20. The van der Waals surface area contributed by atoms with Gasteiger partial charge in [0.2, 0.25) is 0 Å². The first-order chi connectivity index (χ1) is 8.54. The Hall–Kier alpha value is -1.06. The Morgan fingerprint density at radius 2 is 2.06 bits per heavy atom. The lowest BCUT2D eigenvalue weighted by Crippen LogP contribution is -2.51. The lowest BCUT2D eigenvalue weighted by molar-refractivity contribution is 0.0903. The van der Waals surface area contributed by atoms with Crippen LogP contribution in [-0.4, -0.2) is 18.0 Å². The van der Waals surface area contributed by atoms with Gasteiger partial charge in [-0.2, -0.15) is 0 Å². The van der Waals surface area contributed by atoms with Crippen LogP contribution in [0, 0.1) is 6.92 Å². The van der Waals surface area contributed by atoms with E-state index in [9.17, 15) is 4.79 Å². The van der Waals surface area contributed by atoms with E-state index < -0.39 is 0 Å². The first-order valence-corrected chi connectivity index (χ1v) is 6.72. The third-order valence-corrected chi connectivity index (χ3v) is 3.85. The van der Waals surface area contributed by atoms with Crippen LogP contribution in [0.1, 0.15) is 41.6 Å². The lowest BCUT2D eigenvalue weighted by Gasteiger charge is -2.28. The summed E-state index contributed by atoms with van der Waals surface area (Å²) < 4.78 is 0. The molecule has 3 nitrogen and oxygen atoms in total. The molecule has 1 aliphatic rings. The molecule has 98 valence electrons. The highest BCUT2D eigenvalue weighted by Gasteiger charge is 2.34. The molecule has 1 aromatic rings. The fourth-order valence-corrected chi connectivity index (χ4v) is 2.90. The third-order valence-electron chi connectivity index (χ3n) is 3.63. The highest BCUT2D eigenvalue weighted by molar-refractivity contribution is 6.31. The maximum Gasteiger partial charge on any atom is 0.251 e. The molecular weight excluding hydrogens is 248 g/mol. The molecule has 2 rings (SSSR count). The minimum Gasteiger partial charge on any atom is -0.345 e. The van der Waals surface area contributed by atoms with Crippen molar-refractivity contribution in [3.05, 3.63) is 34.3 Å². The van der Waals surface area contributed by atoms with Crippen molar-refractivity contribution in [2.45, 2.75) is 38.1 Å². The van der Waals surface area contributed by atoms with Crippen molar-refractivity contribution < 1.29 is 4.79 Å². The fourth-order valence-electron chi connectivity index (χ4n) is 2.61. The van der Waals surface area contributed by atoms with Gasteiger partial charge in [-0.3, -0.25) is 4.79 Å². The molecule has 0 aliphatic heterocycles. The summed E-state index contributed by atoms with van der Waals surface area (Å²) in [4.78, 5) is 12.2. The molecule has 0 bridgehead atoms. The highest BCUT2D eigenvalue weighted by Crippen LogP contribution is 2.29. The van der Waals surface area contributed by atoms with Crippen LogP contribution in [-0.2, 0) is 0 Å². The van der Waals surface area contributed by atoms with Gasteiger partial charge in [-0.05, 0) is 43.5 Å². The molecule has 0 spiro atoms. The van der Waals surface area contributed by atoms with Crippen LogP contribution >= 0.6 is 11.6 Å². The van der Waals surface area contributed by atoms with E-state index in [0.717, 1.165) is 31.2 Å². The number of hydrogen-bond acceptors (Lipinski definition) is 2. The summed E-state index contributed by atoms with van der Waals surface area (Å²) in [6, 6.07) is 5.38. The number of rotatable bonds is 3. The Bertz CT molecular complexity index is 433. The Morgan fingerprint density at radius 3 is 2.61 bits per heavy atom. The molecule has 1 amide bonds. The molecule has 18 heavy (non-hydrogen) atoms.